The van der Waals surface area contributed by atoms with Gasteiger partial charge in [-0.05, 0) is 84.5 Å². The molecule has 7 nitrogen and oxygen atoms in total. The number of fused-ring (bicyclic) bond motifs is 1. The quantitative estimate of drug-likeness (QED) is 0.216. The highest BCUT2D eigenvalue weighted by Crippen LogP contribution is 2.38. The summed E-state index contributed by atoms with van der Waals surface area (Å²) in [6.07, 6.45) is 8.20. The first-order valence-electron chi connectivity index (χ1n) is 12.7. The van der Waals surface area contributed by atoms with Gasteiger partial charge in [0.15, 0.2) is 11.0 Å². The fraction of sp³-hybridized carbons (Fsp3) is 0.233. The lowest BCUT2D eigenvalue weighted by Gasteiger charge is -2.38. The molecule has 1 N–H and O–H groups in total. The summed E-state index contributed by atoms with van der Waals surface area (Å²) in [5.41, 5.74) is 5.45. The molecular weight excluding hydrogens is 530 g/mol. The minimum Gasteiger partial charge on any atom is -0.385 e. The van der Waals surface area contributed by atoms with Crippen molar-refractivity contribution in [1.29, 1.82) is 0 Å². The van der Waals surface area contributed by atoms with E-state index in [0.717, 1.165) is 26.5 Å². The van der Waals surface area contributed by atoms with Crippen LogP contribution >= 0.6 is 11.8 Å². The first kappa shape index (κ1) is 27.1. The summed E-state index contributed by atoms with van der Waals surface area (Å²) in [6.45, 7) is 4.28. The highest BCUT2D eigenvalue weighted by molar-refractivity contribution is 7.99. The summed E-state index contributed by atoms with van der Waals surface area (Å²) in [6, 6.07) is 19.0. The Morgan fingerprint density at radius 2 is 1.82 bits per heavy atom. The van der Waals surface area contributed by atoms with Gasteiger partial charge in [0.25, 0.3) is 0 Å². The second-order valence-corrected chi connectivity index (χ2v) is 12.5. The van der Waals surface area contributed by atoms with Crippen LogP contribution in [0.25, 0.3) is 17.1 Å². The van der Waals surface area contributed by atoms with Crippen LogP contribution in [-0.4, -0.2) is 41.2 Å². The molecular formula is C30H29N3O4S2. The number of hydrogen-bond donors (Lipinski definition) is 1. The third-order valence-electron chi connectivity index (χ3n) is 6.80. The number of sulfonamides is 1. The summed E-state index contributed by atoms with van der Waals surface area (Å²) >= 11 is 1.46. The molecule has 1 fully saturated rings. The second kappa shape index (κ2) is 11.3. The predicted octanol–water partition coefficient (Wildman–Crippen LogP) is 6.10. The maximum atomic E-state index is 13.7. The summed E-state index contributed by atoms with van der Waals surface area (Å²) in [4.78, 5) is 1.77. The van der Waals surface area contributed by atoms with Gasteiger partial charge in [-0.2, -0.15) is 4.31 Å². The van der Waals surface area contributed by atoms with Crippen LogP contribution in [0.4, 0.5) is 0 Å². The fourth-order valence-electron chi connectivity index (χ4n) is 4.69. The zero-order valence-electron chi connectivity index (χ0n) is 21.7. The molecule has 1 aliphatic rings. The molecule has 4 aromatic rings. The van der Waals surface area contributed by atoms with Crippen LogP contribution in [0.3, 0.4) is 0 Å². The average molecular weight is 560 g/mol. The second-order valence-electron chi connectivity index (χ2n) is 9.48. The largest absolute Gasteiger partial charge is 0.385 e. The van der Waals surface area contributed by atoms with E-state index >= 15 is 0 Å². The van der Waals surface area contributed by atoms with Crippen molar-refractivity contribution in [3.63, 3.8) is 0 Å². The third-order valence-corrected chi connectivity index (χ3v) is 9.77. The van der Waals surface area contributed by atoms with Crippen LogP contribution in [0.5, 0.6) is 0 Å². The van der Waals surface area contributed by atoms with Crippen molar-refractivity contribution in [2.75, 3.05) is 13.1 Å². The lowest BCUT2D eigenvalue weighted by molar-refractivity contribution is -0.00965. The van der Waals surface area contributed by atoms with Crippen LogP contribution in [0.2, 0.25) is 0 Å². The van der Waals surface area contributed by atoms with Gasteiger partial charge in [-0.3, -0.25) is 0 Å². The van der Waals surface area contributed by atoms with E-state index in [9.17, 15) is 13.5 Å². The monoisotopic (exact) mass is 559 g/mol. The van der Waals surface area contributed by atoms with Crippen molar-refractivity contribution >= 4 is 38.9 Å². The van der Waals surface area contributed by atoms with Gasteiger partial charge in [0.1, 0.15) is 4.90 Å². The third kappa shape index (κ3) is 5.78. The molecule has 9 heteroatoms. The molecule has 0 unspecified atom stereocenters. The lowest BCUT2D eigenvalue weighted by atomic mass is 9.84. The van der Waals surface area contributed by atoms with E-state index in [2.05, 4.69) is 16.0 Å². The number of hydrogen-bond acceptors (Lipinski definition) is 7. The smallest absolute Gasteiger partial charge is 0.245 e. The van der Waals surface area contributed by atoms with Gasteiger partial charge < -0.3 is 5.11 Å². The molecule has 1 aliphatic heterocycles. The predicted molar refractivity (Wildman–Crippen MR) is 153 cm³/mol. The standard InChI is InChI=1S/C30H29N3O4S2/c1-3-4-5-6-10-23-11-8-13-25(21-23)38-26-14-15-27(29-28(26)31-37-32-29)39(35,36)33-18-16-30(34,17-19-33)24-12-7-9-22(2)20-24/h3,5-15,20-21,34H,16-19H2,1-2H3/b10-6-. The number of rotatable bonds is 7. The minimum absolute atomic E-state index is 0.0524. The first-order valence-corrected chi connectivity index (χ1v) is 14.9. The Balaban J connectivity index is 1.37. The van der Waals surface area contributed by atoms with E-state index in [1.54, 1.807) is 12.1 Å². The van der Waals surface area contributed by atoms with Gasteiger partial charge in [0.05, 0.1) is 5.60 Å². The van der Waals surface area contributed by atoms with E-state index in [4.69, 9.17) is 4.63 Å². The van der Waals surface area contributed by atoms with Crippen molar-refractivity contribution < 1.29 is 18.2 Å². The number of aliphatic hydroxyl groups is 1. The maximum absolute atomic E-state index is 13.7. The Kier molecular flexibility index (Phi) is 7.88. The Morgan fingerprint density at radius 1 is 1.05 bits per heavy atom. The van der Waals surface area contributed by atoms with Crippen molar-refractivity contribution in [1.82, 2.24) is 14.6 Å². The average Bonchev–Trinajstić information content (AvgIpc) is 3.42. The SMILES string of the molecule is CC=C=C/C=C\c1cccc(Sc2ccc(S(=O)(=O)N3CCC(O)(c4cccc(C)c4)CC3)c3nonc23)c1. The van der Waals surface area contributed by atoms with Gasteiger partial charge in [-0.15, -0.1) is 5.73 Å². The molecule has 0 amide bonds. The molecule has 2 heterocycles. The lowest BCUT2D eigenvalue weighted by Crippen LogP contribution is -2.45. The van der Waals surface area contributed by atoms with Crippen molar-refractivity contribution in [3.05, 3.63) is 101 Å². The van der Waals surface area contributed by atoms with E-state index in [1.807, 2.05) is 86.7 Å². The molecule has 0 radical (unpaired) electrons. The van der Waals surface area contributed by atoms with Crippen LogP contribution in [0, 0.1) is 6.92 Å². The topological polar surface area (TPSA) is 96.5 Å². The number of piperidine rings is 1. The van der Waals surface area contributed by atoms with Gasteiger partial charge in [0, 0.05) is 22.9 Å². The summed E-state index contributed by atoms with van der Waals surface area (Å²) < 4.78 is 33.8. The van der Waals surface area contributed by atoms with E-state index < -0.39 is 15.6 Å². The van der Waals surface area contributed by atoms with Crippen LogP contribution in [0.1, 0.15) is 36.5 Å². The highest BCUT2D eigenvalue weighted by Gasteiger charge is 2.39. The summed E-state index contributed by atoms with van der Waals surface area (Å²) in [5.74, 6) is 0. The Morgan fingerprint density at radius 3 is 2.59 bits per heavy atom. The van der Waals surface area contributed by atoms with Crippen molar-refractivity contribution in [3.8, 4) is 0 Å². The zero-order valence-corrected chi connectivity index (χ0v) is 23.4. The molecule has 39 heavy (non-hydrogen) atoms. The molecule has 0 bridgehead atoms. The van der Waals surface area contributed by atoms with E-state index in [1.165, 1.54) is 16.1 Å². The number of benzene rings is 3. The number of allylic oxidation sites excluding steroid dienone is 2. The van der Waals surface area contributed by atoms with Gasteiger partial charge in [-0.25, -0.2) is 13.0 Å². The molecule has 1 aromatic heterocycles. The van der Waals surface area contributed by atoms with Crippen molar-refractivity contribution in [2.24, 2.45) is 0 Å². The molecule has 200 valence electrons. The number of nitrogens with zero attached hydrogens (tertiary/aromatic N) is 3. The van der Waals surface area contributed by atoms with E-state index in [-0.39, 0.29) is 23.5 Å². The molecule has 1 saturated heterocycles. The van der Waals surface area contributed by atoms with E-state index in [0.29, 0.717) is 18.4 Å². The van der Waals surface area contributed by atoms with Gasteiger partial charge in [0.2, 0.25) is 10.0 Å². The van der Waals surface area contributed by atoms with Gasteiger partial charge >= 0.3 is 0 Å². The zero-order chi connectivity index (χ0) is 27.5. The molecule has 5 rings (SSSR count). The van der Waals surface area contributed by atoms with Crippen LogP contribution < -0.4 is 0 Å². The Bertz CT molecular complexity index is 1690. The molecule has 0 aliphatic carbocycles. The Labute approximate surface area is 232 Å². The molecule has 0 atom stereocenters. The number of aryl methyl sites for hydroxylation is 1. The number of aromatic nitrogens is 2. The highest BCUT2D eigenvalue weighted by atomic mass is 32.2. The molecule has 0 spiro atoms. The Hall–Kier alpha value is -3.46. The first-order chi connectivity index (χ1) is 18.8. The van der Waals surface area contributed by atoms with Crippen molar-refractivity contribution in [2.45, 2.75) is 47.0 Å². The summed E-state index contributed by atoms with van der Waals surface area (Å²) in [5, 5.41) is 19.3. The van der Waals surface area contributed by atoms with Crippen LogP contribution in [-0.2, 0) is 15.6 Å². The summed E-state index contributed by atoms with van der Waals surface area (Å²) in [7, 11) is -3.88. The normalized spacial score (nSPS) is 15.9. The fourth-order valence-corrected chi connectivity index (χ4v) is 7.21. The maximum Gasteiger partial charge on any atom is 0.245 e. The molecule has 0 saturated carbocycles. The minimum atomic E-state index is -3.88. The molecule has 3 aromatic carbocycles. The van der Waals surface area contributed by atoms with Gasteiger partial charge in [-0.1, -0.05) is 65.9 Å². The van der Waals surface area contributed by atoms with Crippen LogP contribution in [0.15, 0.2) is 104 Å².